The highest BCUT2D eigenvalue weighted by Crippen LogP contribution is 2.25. The van der Waals surface area contributed by atoms with Gasteiger partial charge in [0, 0.05) is 13.1 Å². The van der Waals surface area contributed by atoms with Gasteiger partial charge in [0.2, 0.25) is 0 Å². The molecule has 1 aliphatic rings. The molecule has 0 atom stereocenters. The molecule has 1 aromatic rings. The van der Waals surface area contributed by atoms with E-state index in [1.54, 1.807) is 0 Å². The van der Waals surface area contributed by atoms with Gasteiger partial charge in [0.15, 0.2) is 0 Å². The van der Waals surface area contributed by atoms with Crippen LogP contribution < -0.4 is 16.1 Å². The van der Waals surface area contributed by atoms with Crippen LogP contribution in [0.2, 0.25) is 0 Å². The topological polar surface area (TPSA) is 67.3 Å². The van der Waals surface area contributed by atoms with E-state index in [9.17, 15) is 9.59 Å². The Bertz CT molecular complexity index is 484. The number of hydrogen-bond donors (Lipinski definition) is 1. The van der Waals surface area contributed by atoms with E-state index in [4.69, 9.17) is 4.74 Å². The van der Waals surface area contributed by atoms with Gasteiger partial charge in [0.1, 0.15) is 12.5 Å². The van der Waals surface area contributed by atoms with Crippen LogP contribution in [0.25, 0.3) is 0 Å². The van der Waals surface area contributed by atoms with Gasteiger partial charge in [-0.2, -0.15) is 0 Å². The fourth-order valence-corrected chi connectivity index (χ4v) is 1.72. The molecule has 1 aromatic heterocycles. The molecule has 1 fully saturated rings. The number of anilines is 1. The molecule has 1 N–H and O–H groups in total. The van der Waals surface area contributed by atoms with Gasteiger partial charge in [-0.15, -0.1) is 0 Å². The quantitative estimate of drug-likeness (QED) is 0.709. The van der Waals surface area contributed by atoms with Gasteiger partial charge in [-0.05, 0) is 13.8 Å². The molecule has 88 valence electrons. The van der Waals surface area contributed by atoms with Crippen LogP contribution in [0.15, 0.2) is 15.7 Å². The zero-order valence-corrected chi connectivity index (χ0v) is 9.61. The van der Waals surface area contributed by atoms with Crippen molar-refractivity contribution >= 4 is 5.82 Å². The van der Waals surface area contributed by atoms with Gasteiger partial charge < -0.3 is 9.64 Å². The number of nitrogens with one attached hydrogen (secondary N) is 1. The van der Waals surface area contributed by atoms with Crippen molar-refractivity contribution in [1.29, 1.82) is 0 Å². The first-order valence-corrected chi connectivity index (χ1v) is 5.07. The number of aromatic nitrogens is 2. The smallest absolute Gasteiger partial charge is 0.329 e. The molecule has 2 rings (SSSR count). The third-order valence-electron chi connectivity index (χ3n) is 2.83. The van der Waals surface area contributed by atoms with Crippen molar-refractivity contribution in [1.82, 2.24) is 9.55 Å². The lowest BCUT2D eigenvalue weighted by Gasteiger charge is -2.30. The average molecular weight is 225 g/mol. The maximum Gasteiger partial charge on any atom is 0.329 e. The first kappa shape index (κ1) is 10.9. The molecule has 16 heavy (non-hydrogen) atoms. The molecular formula is C10H15N3O3. The number of hydrogen-bond acceptors (Lipinski definition) is 4. The molecule has 0 bridgehead atoms. The molecule has 2 heterocycles. The largest absolute Gasteiger partial charge is 0.359 e. The zero-order chi connectivity index (χ0) is 11.9. The first-order chi connectivity index (χ1) is 7.42. The molecule has 1 saturated heterocycles. The third-order valence-corrected chi connectivity index (χ3v) is 2.83. The second-order valence-corrected chi connectivity index (χ2v) is 4.58. The van der Waals surface area contributed by atoms with Crippen molar-refractivity contribution in [2.24, 2.45) is 7.05 Å². The summed E-state index contributed by atoms with van der Waals surface area (Å²) in [5.74, 6) is 0.510. The van der Waals surface area contributed by atoms with Gasteiger partial charge in [-0.3, -0.25) is 14.3 Å². The molecule has 0 aliphatic carbocycles. The van der Waals surface area contributed by atoms with E-state index in [2.05, 4.69) is 4.98 Å². The number of rotatable bonds is 1. The maximum atomic E-state index is 11.5. The van der Waals surface area contributed by atoms with E-state index in [0.29, 0.717) is 19.2 Å². The minimum Gasteiger partial charge on any atom is -0.359 e. The highest BCUT2D eigenvalue weighted by Gasteiger charge is 2.33. The number of nitrogens with zero attached hydrogens (tertiary/aromatic N) is 2. The number of aromatic amines is 1. The average Bonchev–Trinajstić information content (AvgIpc) is 2.53. The second-order valence-electron chi connectivity index (χ2n) is 4.58. The fraction of sp³-hybridized carbons (Fsp3) is 0.600. The van der Waals surface area contributed by atoms with E-state index < -0.39 is 5.69 Å². The van der Waals surface area contributed by atoms with Crippen LogP contribution in [0, 0.1) is 0 Å². The molecule has 6 nitrogen and oxygen atoms in total. The summed E-state index contributed by atoms with van der Waals surface area (Å²) in [7, 11) is 1.44. The Kier molecular flexibility index (Phi) is 2.38. The molecule has 0 aromatic carbocycles. The van der Waals surface area contributed by atoms with Crippen LogP contribution in [0.5, 0.6) is 0 Å². The molecular weight excluding hydrogens is 210 g/mol. The summed E-state index contributed by atoms with van der Waals surface area (Å²) in [4.78, 5) is 27.5. The minimum absolute atomic E-state index is 0.213. The van der Waals surface area contributed by atoms with Crippen LogP contribution in [0.1, 0.15) is 13.8 Å². The Morgan fingerprint density at radius 2 is 2.12 bits per heavy atom. The third kappa shape index (κ3) is 1.65. The lowest BCUT2D eigenvalue weighted by atomic mass is 10.1. The lowest BCUT2D eigenvalue weighted by Crippen LogP contribution is -2.43. The Morgan fingerprint density at radius 1 is 1.44 bits per heavy atom. The van der Waals surface area contributed by atoms with Gasteiger partial charge in [-0.25, -0.2) is 4.79 Å². The van der Waals surface area contributed by atoms with Crippen molar-refractivity contribution in [3.05, 3.63) is 26.9 Å². The van der Waals surface area contributed by atoms with Crippen molar-refractivity contribution in [2.45, 2.75) is 19.4 Å². The van der Waals surface area contributed by atoms with Gasteiger partial charge in [-0.1, -0.05) is 0 Å². The highest BCUT2D eigenvalue weighted by molar-refractivity contribution is 5.40. The number of ether oxygens (including phenoxy) is 1. The minimum atomic E-state index is -0.412. The summed E-state index contributed by atoms with van der Waals surface area (Å²) in [6.07, 6.45) is 0. The Morgan fingerprint density at radius 3 is 2.62 bits per heavy atom. The van der Waals surface area contributed by atoms with Crippen LogP contribution in [0.3, 0.4) is 0 Å². The Balaban J connectivity index is 2.50. The number of H-pyrrole nitrogens is 1. The zero-order valence-electron chi connectivity index (χ0n) is 9.61. The van der Waals surface area contributed by atoms with E-state index in [1.165, 1.54) is 13.1 Å². The molecule has 0 amide bonds. The lowest BCUT2D eigenvalue weighted by molar-refractivity contribution is 0.184. The predicted octanol–water partition coefficient (Wildman–Crippen LogP) is -0.354. The van der Waals surface area contributed by atoms with E-state index >= 15 is 0 Å². The molecule has 0 unspecified atom stereocenters. The van der Waals surface area contributed by atoms with Crippen molar-refractivity contribution in [2.75, 3.05) is 18.2 Å². The summed E-state index contributed by atoms with van der Waals surface area (Å²) in [5.41, 5.74) is -0.943. The summed E-state index contributed by atoms with van der Waals surface area (Å²) < 4.78 is 6.37. The summed E-state index contributed by atoms with van der Waals surface area (Å²) in [6.45, 7) is 4.95. The molecule has 0 spiro atoms. The Hall–Kier alpha value is -1.56. The van der Waals surface area contributed by atoms with Crippen molar-refractivity contribution in [3.8, 4) is 0 Å². The summed E-state index contributed by atoms with van der Waals surface area (Å²) >= 11 is 0. The monoisotopic (exact) mass is 225 g/mol. The van der Waals surface area contributed by atoms with E-state index in [1.807, 2.05) is 18.7 Å². The van der Waals surface area contributed by atoms with Gasteiger partial charge in [0.05, 0.1) is 12.1 Å². The van der Waals surface area contributed by atoms with Crippen LogP contribution in [-0.2, 0) is 11.8 Å². The SMILES string of the molecule is Cn1c(=O)cc(N2COCC2(C)C)[nH]c1=O. The predicted molar refractivity (Wildman–Crippen MR) is 59.7 cm³/mol. The molecule has 0 radical (unpaired) electrons. The molecule has 6 heteroatoms. The van der Waals surface area contributed by atoms with E-state index in [0.717, 1.165) is 4.57 Å². The van der Waals surface area contributed by atoms with Gasteiger partial charge >= 0.3 is 5.69 Å². The van der Waals surface area contributed by atoms with Gasteiger partial charge in [0.25, 0.3) is 5.56 Å². The normalized spacial score (nSPS) is 19.1. The second kappa shape index (κ2) is 3.48. The summed E-state index contributed by atoms with van der Waals surface area (Å²) in [5, 5.41) is 0. The van der Waals surface area contributed by atoms with E-state index in [-0.39, 0.29) is 11.1 Å². The maximum absolute atomic E-state index is 11.5. The molecule has 0 saturated carbocycles. The standard InChI is InChI=1S/C10H15N3O3/c1-10(2)5-16-6-13(10)7-4-8(14)12(3)9(15)11-7/h4H,5-6H2,1-3H3,(H,11,15). The first-order valence-electron chi connectivity index (χ1n) is 5.07. The van der Waals surface area contributed by atoms with Crippen LogP contribution in [-0.4, -0.2) is 28.4 Å². The fourth-order valence-electron chi connectivity index (χ4n) is 1.72. The van der Waals surface area contributed by atoms with Crippen molar-refractivity contribution in [3.63, 3.8) is 0 Å². The van der Waals surface area contributed by atoms with Crippen molar-refractivity contribution < 1.29 is 4.74 Å². The Labute approximate surface area is 92.5 Å². The van der Waals surface area contributed by atoms with Crippen LogP contribution in [0.4, 0.5) is 5.82 Å². The summed E-state index contributed by atoms with van der Waals surface area (Å²) in [6, 6.07) is 1.41. The molecule has 1 aliphatic heterocycles. The highest BCUT2D eigenvalue weighted by atomic mass is 16.5. The van der Waals surface area contributed by atoms with Crippen LogP contribution >= 0.6 is 0 Å².